The monoisotopic (exact) mass is 286 g/mol. The van der Waals surface area contributed by atoms with Crippen molar-refractivity contribution in [3.8, 4) is 0 Å². The number of alkyl halides is 2. The van der Waals surface area contributed by atoms with E-state index >= 15 is 0 Å². The summed E-state index contributed by atoms with van der Waals surface area (Å²) in [6.45, 7) is 3.04. The molecule has 0 unspecified atom stereocenters. The third kappa shape index (κ3) is 3.12. The van der Waals surface area contributed by atoms with Gasteiger partial charge in [0.1, 0.15) is 0 Å². The molecule has 0 spiro atoms. The Balaban J connectivity index is 3.21. The molecule has 0 fully saturated rings. The molecule has 0 amide bonds. The second-order valence-electron chi connectivity index (χ2n) is 4.01. The number of esters is 2. The Hall–Kier alpha value is -1.98. The molecule has 110 valence electrons. The average molecular weight is 286 g/mol. The molecule has 0 heterocycles. The number of aryl methyl sites for hydroxylation is 1. The maximum atomic E-state index is 13.9. The molecular formula is C14H16F2O4. The lowest BCUT2D eigenvalue weighted by atomic mass is 9.98. The van der Waals surface area contributed by atoms with Gasteiger partial charge in [0.05, 0.1) is 19.3 Å². The molecule has 0 atom stereocenters. The van der Waals surface area contributed by atoms with E-state index in [0.717, 1.165) is 12.1 Å². The number of hydrogen-bond acceptors (Lipinski definition) is 4. The van der Waals surface area contributed by atoms with Gasteiger partial charge in [-0.1, -0.05) is 13.0 Å². The largest absolute Gasteiger partial charge is 0.465 e. The highest BCUT2D eigenvalue weighted by atomic mass is 19.3. The first-order valence-corrected chi connectivity index (χ1v) is 6.15. The number of halogens is 2. The fourth-order valence-electron chi connectivity index (χ4n) is 1.73. The predicted octanol–water partition coefficient (Wildman–Crippen LogP) is 2.69. The van der Waals surface area contributed by atoms with Gasteiger partial charge in [0, 0.05) is 5.56 Å². The predicted molar refractivity (Wildman–Crippen MR) is 67.7 cm³/mol. The van der Waals surface area contributed by atoms with Crippen molar-refractivity contribution >= 4 is 11.9 Å². The van der Waals surface area contributed by atoms with E-state index in [1.54, 1.807) is 6.92 Å². The molecule has 0 aromatic heterocycles. The topological polar surface area (TPSA) is 52.6 Å². The molecule has 0 bridgehead atoms. The lowest BCUT2D eigenvalue weighted by Crippen LogP contribution is -2.28. The summed E-state index contributed by atoms with van der Waals surface area (Å²) in [6, 6.07) is 3.39. The molecule has 1 rings (SSSR count). The fourth-order valence-corrected chi connectivity index (χ4v) is 1.73. The Morgan fingerprint density at radius 1 is 1.25 bits per heavy atom. The minimum absolute atomic E-state index is 0.130. The molecule has 0 aliphatic heterocycles. The van der Waals surface area contributed by atoms with Gasteiger partial charge in [-0.05, 0) is 31.0 Å². The van der Waals surface area contributed by atoms with Crippen molar-refractivity contribution in [3.05, 3.63) is 34.9 Å². The number of hydrogen-bond donors (Lipinski definition) is 0. The van der Waals surface area contributed by atoms with E-state index < -0.39 is 23.4 Å². The number of benzene rings is 1. The maximum Gasteiger partial charge on any atom is 0.381 e. The van der Waals surface area contributed by atoms with Gasteiger partial charge in [-0.25, -0.2) is 9.59 Å². The highest BCUT2D eigenvalue weighted by Gasteiger charge is 2.43. The van der Waals surface area contributed by atoms with Gasteiger partial charge in [0.2, 0.25) is 0 Å². The Kier molecular flexibility index (Phi) is 5.19. The minimum atomic E-state index is -3.74. The number of carbonyl (C=O) groups is 2. The third-order valence-electron chi connectivity index (χ3n) is 2.79. The van der Waals surface area contributed by atoms with Crippen LogP contribution in [0.25, 0.3) is 0 Å². The van der Waals surface area contributed by atoms with Crippen molar-refractivity contribution in [2.24, 2.45) is 0 Å². The molecule has 0 aliphatic rings. The fraction of sp³-hybridized carbons (Fsp3) is 0.429. The lowest BCUT2D eigenvalue weighted by molar-refractivity contribution is -0.173. The SMILES string of the molecule is CCOC(=O)C(F)(F)c1ccc(C(=O)OC)c(CC)c1. The summed E-state index contributed by atoms with van der Waals surface area (Å²) < 4.78 is 36.7. The van der Waals surface area contributed by atoms with Gasteiger partial charge >= 0.3 is 17.9 Å². The van der Waals surface area contributed by atoms with Crippen LogP contribution in [0.15, 0.2) is 18.2 Å². The summed E-state index contributed by atoms with van der Waals surface area (Å²) in [5.41, 5.74) is 0.0946. The van der Waals surface area contributed by atoms with Crippen LogP contribution in [0.2, 0.25) is 0 Å². The summed E-state index contributed by atoms with van der Waals surface area (Å²) in [5.74, 6) is -5.95. The second kappa shape index (κ2) is 6.45. The Morgan fingerprint density at radius 3 is 2.40 bits per heavy atom. The molecule has 0 aliphatic carbocycles. The molecule has 20 heavy (non-hydrogen) atoms. The normalized spacial score (nSPS) is 11.1. The minimum Gasteiger partial charge on any atom is -0.465 e. The van der Waals surface area contributed by atoms with Crippen molar-refractivity contribution in [2.75, 3.05) is 13.7 Å². The molecular weight excluding hydrogens is 270 g/mol. The first-order chi connectivity index (χ1) is 9.38. The van der Waals surface area contributed by atoms with Gasteiger partial charge in [-0.3, -0.25) is 0 Å². The Morgan fingerprint density at radius 2 is 1.90 bits per heavy atom. The second-order valence-corrected chi connectivity index (χ2v) is 4.01. The van der Waals surface area contributed by atoms with Crippen molar-refractivity contribution in [2.45, 2.75) is 26.2 Å². The zero-order valence-corrected chi connectivity index (χ0v) is 11.5. The molecule has 0 saturated carbocycles. The first-order valence-electron chi connectivity index (χ1n) is 6.15. The highest BCUT2D eigenvalue weighted by molar-refractivity contribution is 5.91. The molecule has 0 N–H and O–H groups in total. The smallest absolute Gasteiger partial charge is 0.381 e. The number of ether oxygens (including phenoxy) is 2. The van der Waals surface area contributed by atoms with Crippen LogP contribution in [-0.4, -0.2) is 25.7 Å². The summed E-state index contributed by atoms with van der Waals surface area (Å²) in [5, 5.41) is 0. The first kappa shape index (κ1) is 16.1. The van der Waals surface area contributed by atoms with Crippen LogP contribution in [0.5, 0.6) is 0 Å². The van der Waals surface area contributed by atoms with Crippen molar-refractivity contribution in [1.29, 1.82) is 0 Å². The van der Waals surface area contributed by atoms with Gasteiger partial charge in [-0.2, -0.15) is 8.78 Å². The molecule has 0 radical (unpaired) electrons. The lowest BCUT2D eigenvalue weighted by Gasteiger charge is -2.16. The quantitative estimate of drug-likeness (QED) is 0.781. The molecule has 1 aromatic carbocycles. The van der Waals surface area contributed by atoms with E-state index in [2.05, 4.69) is 9.47 Å². The molecule has 1 aromatic rings. The van der Waals surface area contributed by atoms with Crippen LogP contribution in [0.1, 0.15) is 35.3 Å². The molecule has 6 heteroatoms. The molecule has 4 nitrogen and oxygen atoms in total. The number of methoxy groups -OCH3 is 1. The van der Waals surface area contributed by atoms with E-state index in [4.69, 9.17) is 0 Å². The number of rotatable bonds is 5. The van der Waals surface area contributed by atoms with E-state index in [1.807, 2.05) is 0 Å². The van der Waals surface area contributed by atoms with E-state index in [0.29, 0.717) is 12.0 Å². The zero-order chi connectivity index (χ0) is 15.3. The Bertz CT molecular complexity index is 512. The van der Waals surface area contributed by atoms with Gasteiger partial charge in [0.25, 0.3) is 0 Å². The summed E-state index contributed by atoms with van der Waals surface area (Å²) in [4.78, 5) is 22.8. The van der Waals surface area contributed by atoms with Crippen LogP contribution in [0.3, 0.4) is 0 Å². The van der Waals surface area contributed by atoms with Crippen molar-refractivity contribution in [3.63, 3.8) is 0 Å². The van der Waals surface area contributed by atoms with Gasteiger partial charge < -0.3 is 9.47 Å². The number of carbonyl (C=O) groups excluding carboxylic acids is 2. The third-order valence-corrected chi connectivity index (χ3v) is 2.79. The Labute approximate surface area is 115 Å². The van der Waals surface area contributed by atoms with Crippen LogP contribution >= 0.6 is 0 Å². The van der Waals surface area contributed by atoms with Crippen LogP contribution < -0.4 is 0 Å². The zero-order valence-electron chi connectivity index (χ0n) is 11.5. The summed E-state index contributed by atoms with van der Waals surface area (Å²) in [7, 11) is 1.21. The van der Waals surface area contributed by atoms with Gasteiger partial charge in [0.15, 0.2) is 0 Å². The van der Waals surface area contributed by atoms with Crippen LogP contribution in [-0.2, 0) is 26.6 Å². The van der Waals surface area contributed by atoms with E-state index in [1.165, 1.54) is 20.1 Å². The van der Waals surface area contributed by atoms with Crippen LogP contribution in [0, 0.1) is 0 Å². The maximum absolute atomic E-state index is 13.9. The van der Waals surface area contributed by atoms with Gasteiger partial charge in [-0.15, -0.1) is 0 Å². The average Bonchev–Trinajstić information content (AvgIpc) is 2.45. The summed E-state index contributed by atoms with van der Waals surface area (Å²) in [6.07, 6.45) is 0.358. The summed E-state index contributed by atoms with van der Waals surface area (Å²) >= 11 is 0. The highest BCUT2D eigenvalue weighted by Crippen LogP contribution is 2.31. The molecule has 0 saturated heterocycles. The van der Waals surface area contributed by atoms with E-state index in [-0.39, 0.29) is 12.2 Å². The van der Waals surface area contributed by atoms with Crippen LogP contribution in [0.4, 0.5) is 8.78 Å². The standard InChI is InChI=1S/C14H16F2O4/c1-4-9-8-10(6-7-11(9)12(17)19-3)14(15,16)13(18)20-5-2/h6-8H,4-5H2,1-3H3. The van der Waals surface area contributed by atoms with E-state index in [9.17, 15) is 18.4 Å². The van der Waals surface area contributed by atoms with Crippen molar-refractivity contribution < 1.29 is 27.8 Å². The van der Waals surface area contributed by atoms with Crippen molar-refractivity contribution in [1.82, 2.24) is 0 Å².